The molecule has 0 aliphatic carbocycles. The molecule has 0 radical (unpaired) electrons. The van der Waals surface area contributed by atoms with Crippen molar-refractivity contribution in [3.05, 3.63) is 0 Å². The molecule has 1 fully saturated rings. The second-order valence-corrected chi connectivity index (χ2v) is 7.25. The second-order valence-electron chi connectivity index (χ2n) is 5.29. The quantitative estimate of drug-likeness (QED) is 0.730. The Kier molecular flexibility index (Phi) is 7.28. The highest BCUT2D eigenvalue weighted by molar-refractivity contribution is 7.89. The first-order valence-corrected chi connectivity index (χ1v) is 8.84. The van der Waals surface area contributed by atoms with Crippen molar-refractivity contribution in [3.8, 4) is 0 Å². The Labute approximate surface area is 117 Å². The van der Waals surface area contributed by atoms with Crippen LogP contribution in [0.3, 0.4) is 0 Å². The third kappa shape index (κ3) is 5.38. The number of hydrogen-bond acceptors (Lipinski definition) is 4. The maximum absolute atomic E-state index is 12.5. The van der Waals surface area contributed by atoms with Gasteiger partial charge in [0.2, 0.25) is 10.0 Å². The van der Waals surface area contributed by atoms with Gasteiger partial charge in [-0.05, 0) is 32.7 Å². The fraction of sp³-hybridized carbons (Fsp3) is 1.00. The number of piperidine rings is 1. The van der Waals surface area contributed by atoms with Crippen molar-refractivity contribution in [2.24, 2.45) is 0 Å². The van der Waals surface area contributed by atoms with Crippen LogP contribution in [0.2, 0.25) is 0 Å². The van der Waals surface area contributed by atoms with Crippen molar-refractivity contribution in [1.29, 1.82) is 0 Å². The van der Waals surface area contributed by atoms with E-state index < -0.39 is 10.0 Å². The van der Waals surface area contributed by atoms with Gasteiger partial charge in [0, 0.05) is 25.7 Å². The van der Waals surface area contributed by atoms with E-state index in [4.69, 9.17) is 4.74 Å². The van der Waals surface area contributed by atoms with Gasteiger partial charge in [-0.15, -0.1) is 0 Å². The Bertz CT molecular complexity index is 340. The first-order chi connectivity index (χ1) is 9.01. The molecule has 0 aromatic carbocycles. The minimum absolute atomic E-state index is 0.0312. The molecule has 1 rings (SSSR count). The van der Waals surface area contributed by atoms with Gasteiger partial charge >= 0.3 is 0 Å². The molecule has 19 heavy (non-hydrogen) atoms. The standard InChI is InChI=1S/C13H28N2O3S/c1-4-12(2)15(9-10-18-3)19(16,17)11-13-7-5-6-8-14-13/h12-14H,4-11H2,1-3H3. The summed E-state index contributed by atoms with van der Waals surface area (Å²) in [7, 11) is -1.61. The zero-order valence-corrected chi connectivity index (χ0v) is 13.2. The van der Waals surface area contributed by atoms with Crippen LogP contribution in [0.25, 0.3) is 0 Å². The Hall–Kier alpha value is -0.170. The van der Waals surface area contributed by atoms with Crippen LogP contribution in [0.5, 0.6) is 0 Å². The number of sulfonamides is 1. The maximum atomic E-state index is 12.5. The van der Waals surface area contributed by atoms with Crippen LogP contribution >= 0.6 is 0 Å². The van der Waals surface area contributed by atoms with E-state index in [1.165, 1.54) is 0 Å². The molecule has 5 nitrogen and oxygen atoms in total. The van der Waals surface area contributed by atoms with Gasteiger partial charge in [0.25, 0.3) is 0 Å². The minimum Gasteiger partial charge on any atom is -0.383 e. The SMILES string of the molecule is CCC(C)N(CCOC)S(=O)(=O)CC1CCCCN1. The Morgan fingerprint density at radius 3 is 2.68 bits per heavy atom. The van der Waals surface area contributed by atoms with Gasteiger partial charge in [-0.2, -0.15) is 4.31 Å². The lowest BCUT2D eigenvalue weighted by atomic mass is 10.1. The average Bonchev–Trinajstić information content (AvgIpc) is 2.39. The molecule has 1 aliphatic heterocycles. The summed E-state index contributed by atoms with van der Waals surface area (Å²) in [6.07, 6.45) is 4.04. The summed E-state index contributed by atoms with van der Waals surface area (Å²) >= 11 is 0. The minimum atomic E-state index is -3.21. The van der Waals surface area contributed by atoms with Crippen LogP contribution in [-0.4, -0.2) is 57.4 Å². The Balaban J connectivity index is 2.67. The predicted octanol–water partition coefficient (Wildman–Crippen LogP) is 1.21. The van der Waals surface area contributed by atoms with Gasteiger partial charge in [-0.1, -0.05) is 13.3 Å². The third-order valence-electron chi connectivity index (χ3n) is 3.78. The summed E-state index contributed by atoms with van der Waals surface area (Å²) < 4.78 is 31.7. The lowest BCUT2D eigenvalue weighted by Gasteiger charge is -2.30. The van der Waals surface area contributed by atoms with Gasteiger partial charge in [0.15, 0.2) is 0 Å². The molecule has 1 aliphatic rings. The number of nitrogens with one attached hydrogen (secondary N) is 1. The topological polar surface area (TPSA) is 58.6 Å². The van der Waals surface area contributed by atoms with Gasteiger partial charge in [0.05, 0.1) is 12.4 Å². The van der Waals surface area contributed by atoms with E-state index in [2.05, 4.69) is 5.32 Å². The first-order valence-electron chi connectivity index (χ1n) is 7.23. The molecule has 114 valence electrons. The molecule has 2 unspecified atom stereocenters. The lowest BCUT2D eigenvalue weighted by molar-refractivity contribution is 0.167. The summed E-state index contributed by atoms with van der Waals surface area (Å²) in [5, 5.41) is 3.31. The average molecular weight is 292 g/mol. The van der Waals surface area contributed by atoms with E-state index in [1.54, 1.807) is 11.4 Å². The van der Waals surface area contributed by atoms with Crippen molar-refractivity contribution in [3.63, 3.8) is 0 Å². The zero-order chi connectivity index (χ0) is 14.3. The van der Waals surface area contributed by atoms with E-state index in [0.29, 0.717) is 13.2 Å². The molecule has 0 bridgehead atoms. The van der Waals surface area contributed by atoms with Crippen LogP contribution in [0.4, 0.5) is 0 Å². The van der Waals surface area contributed by atoms with Gasteiger partial charge in [0.1, 0.15) is 0 Å². The van der Waals surface area contributed by atoms with Crippen LogP contribution in [0.1, 0.15) is 39.5 Å². The smallest absolute Gasteiger partial charge is 0.215 e. The van der Waals surface area contributed by atoms with Crippen LogP contribution < -0.4 is 5.32 Å². The van der Waals surface area contributed by atoms with E-state index in [9.17, 15) is 8.42 Å². The highest BCUT2D eigenvalue weighted by atomic mass is 32.2. The van der Waals surface area contributed by atoms with Gasteiger partial charge < -0.3 is 10.1 Å². The van der Waals surface area contributed by atoms with E-state index in [0.717, 1.165) is 32.2 Å². The second kappa shape index (κ2) is 8.19. The number of rotatable bonds is 8. The Morgan fingerprint density at radius 2 is 2.16 bits per heavy atom. The molecule has 0 saturated carbocycles. The molecule has 0 aromatic heterocycles. The van der Waals surface area contributed by atoms with Crippen molar-refractivity contribution in [2.75, 3.05) is 32.6 Å². The normalized spacial score (nSPS) is 22.6. The van der Waals surface area contributed by atoms with Gasteiger partial charge in [-0.3, -0.25) is 0 Å². The van der Waals surface area contributed by atoms with Crippen LogP contribution in [-0.2, 0) is 14.8 Å². The summed E-state index contributed by atoms with van der Waals surface area (Å²) in [6.45, 7) is 5.80. The number of nitrogens with zero attached hydrogens (tertiary/aromatic N) is 1. The summed E-state index contributed by atoms with van der Waals surface area (Å²) in [5.41, 5.74) is 0. The zero-order valence-electron chi connectivity index (χ0n) is 12.4. The third-order valence-corrected chi connectivity index (χ3v) is 5.86. The molecule has 1 heterocycles. The molecule has 6 heteroatoms. The first kappa shape index (κ1) is 16.9. The number of ether oxygens (including phenoxy) is 1. The number of methoxy groups -OCH3 is 1. The molecule has 1 saturated heterocycles. The molecule has 1 N–H and O–H groups in total. The number of hydrogen-bond donors (Lipinski definition) is 1. The molecular formula is C13H28N2O3S. The highest BCUT2D eigenvalue weighted by Crippen LogP contribution is 2.15. The molecule has 0 aromatic rings. The lowest BCUT2D eigenvalue weighted by Crippen LogP contribution is -2.47. The fourth-order valence-corrected chi connectivity index (χ4v) is 4.47. The van der Waals surface area contributed by atoms with Crippen molar-refractivity contribution in [1.82, 2.24) is 9.62 Å². The largest absolute Gasteiger partial charge is 0.383 e. The van der Waals surface area contributed by atoms with Gasteiger partial charge in [-0.25, -0.2) is 8.42 Å². The van der Waals surface area contributed by atoms with E-state index in [-0.39, 0.29) is 17.8 Å². The molecular weight excluding hydrogens is 264 g/mol. The van der Waals surface area contributed by atoms with Crippen molar-refractivity contribution >= 4 is 10.0 Å². The van der Waals surface area contributed by atoms with Crippen molar-refractivity contribution in [2.45, 2.75) is 51.6 Å². The van der Waals surface area contributed by atoms with E-state index >= 15 is 0 Å². The van der Waals surface area contributed by atoms with Crippen molar-refractivity contribution < 1.29 is 13.2 Å². The summed E-state index contributed by atoms with van der Waals surface area (Å²) in [5.74, 6) is 0.209. The predicted molar refractivity (Wildman–Crippen MR) is 77.8 cm³/mol. The van der Waals surface area contributed by atoms with E-state index in [1.807, 2.05) is 13.8 Å². The Morgan fingerprint density at radius 1 is 1.42 bits per heavy atom. The summed E-state index contributed by atoms with van der Waals surface area (Å²) in [6, 6.07) is 0.136. The molecule has 2 atom stereocenters. The monoisotopic (exact) mass is 292 g/mol. The highest BCUT2D eigenvalue weighted by Gasteiger charge is 2.29. The fourth-order valence-electron chi connectivity index (χ4n) is 2.43. The molecule has 0 amide bonds. The molecule has 0 spiro atoms. The summed E-state index contributed by atoms with van der Waals surface area (Å²) in [4.78, 5) is 0. The van der Waals surface area contributed by atoms with Crippen LogP contribution in [0.15, 0.2) is 0 Å². The van der Waals surface area contributed by atoms with Crippen LogP contribution in [0, 0.1) is 0 Å². The maximum Gasteiger partial charge on any atom is 0.215 e.